The minimum absolute atomic E-state index is 0.0331. The van der Waals surface area contributed by atoms with Crippen LogP contribution < -0.4 is 5.11 Å². The summed E-state index contributed by atoms with van der Waals surface area (Å²) in [5.41, 5.74) is -1.86. The molecule has 0 spiro atoms. The Kier molecular flexibility index (Phi) is 4.89. The minimum atomic E-state index is -1.86. The maximum Gasteiger partial charge on any atom is 0.181 e. The summed E-state index contributed by atoms with van der Waals surface area (Å²) in [7, 11) is 5.30. The van der Waals surface area contributed by atoms with Crippen LogP contribution in [0.15, 0.2) is 0 Å². The predicted molar refractivity (Wildman–Crippen MR) is 56.3 cm³/mol. The Morgan fingerprint density at radius 2 is 1.87 bits per heavy atom. The molecule has 0 aromatic heterocycles. The summed E-state index contributed by atoms with van der Waals surface area (Å²) >= 11 is 2.92. The van der Waals surface area contributed by atoms with Gasteiger partial charge < -0.3 is 19.5 Å². The van der Waals surface area contributed by atoms with E-state index in [1.165, 1.54) is 0 Å². The van der Waals surface area contributed by atoms with Gasteiger partial charge in [0.2, 0.25) is 0 Å². The number of quaternary nitrogens is 1. The first-order valence-electron chi connectivity index (χ1n) is 4.43. The zero-order valence-electron chi connectivity index (χ0n) is 9.12. The van der Waals surface area contributed by atoms with E-state index in [1.54, 1.807) is 21.1 Å². The quantitative estimate of drug-likeness (QED) is 0.476. The summed E-state index contributed by atoms with van der Waals surface area (Å²) in [6, 6.07) is 0. The van der Waals surface area contributed by atoms with Gasteiger partial charge >= 0.3 is 0 Å². The highest BCUT2D eigenvalue weighted by molar-refractivity contribution is 9.09. The Morgan fingerprint density at radius 1 is 1.40 bits per heavy atom. The number of ketones is 1. The van der Waals surface area contributed by atoms with Crippen LogP contribution in [0.1, 0.15) is 6.42 Å². The lowest BCUT2D eigenvalue weighted by atomic mass is 9.94. The van der Waals surface area contributed by atoms with Crippen molar-refractivity contribution in [1.82, 2.24) is 0 Å². The lowest BCUT2D eigenvalue weighted by Crippen LogP contribution is -2.56. The van der Waals surface area contributed by atoms with Crippen molar-refractivity contribution in [2.75, 3.05) is 33.0 Å². The molecular weight excluding hydrogens is 266 g/mol. The van der Waals surface area contributed by atoms with Crippen molar-refractivity contribution in [1.29, 1.82) is 0 Å². The molecule has 0 aliphatic heterocycles. The highest BCUT2D eigenvalue weighted by atomic mass is 79.9. The fourth-order valence-corrected chi connectivity index (χ4v) is 1.91. The number of alkyl halides is 1. The number of nitrogens with zero attached hydrogens (tertiary/aromatic N) is 1. The number of rotatable bonds is 6. The molecule has 0 aliphatic rings. The Morgan fingerprint density at radius 3 is 2.13 bits per heavy atom. The number of hydrogen-bond donors (Lipinski definition) is 1. The van der Waals surface area contributed by atoms with Crippen LogP contribution in [0.5, 0.6) is 0 Å². The molecule has 6 heteroatoms. The van der Waals surface area contributed by atoms with E-state index < -0.39 is 23.8 Å². The average Bonchev–Trinajstić information content (AvgIpc) is 1.97. The number of likely N-dealkylation sites (N-methyl/N-ethyl adjacent to an activating group) is 1. The first-order chi connectivity index (χ1) is 6.60. The molecule has 0 saturated carbocycles. The zero-order valence-corrected chi connectivity index (χ0v) is 10.7. The Bertz CT molecular complexity index is 261. The van der Waals surface area contributed by atoms with Crippen LogP contribution in [-0.4, -0.2) is 60.0 Å². The largest absolute Gasteiger partial charge is 0.550 e. The van der Waals surface area contributed by atoms with Gasteiger partial charge in [-0.1, -0.05) is 15.9 Å². The second-order valence-corrected chi connectivity index (χ2v) is 5.15. The maximum absolute atomic E-state index is 11.4. The number of hydrogen-bond acceptors (Lipinski definition) is 4. The van der Waals surface area contributed by atoms with Crippen molar-refractivity contribution in [2.24, 2.45) is 0 Å². The van der Waals surface area contributed by atoms with Gasteiger partial charge in [0.05, 0.1) is 26.5 Å². The average molecular weight is 282 g/mol. The SMILES string of the molecule is C[N+](C)(C)CC(O)(CC(=O)[O-])C(=O)CBr. The van der Waals surface area contributed by atoms with E-state index in [4.69, 9.17) is 0 Å². The number of aliphatic hydroxyl groups is 1. The molecule has 5 nitrogen and oxygen atoms in total. The molecule has 0 fully saturated rings. The van der Waals surface area contributed by atoms with Gasteiger partial charge in [0.15, 0.2) is 11.4 Å². The van der Waals surface area contributed by atoms with E-state index in [9.17, 15) is 19.8 Å². The molecule has 1 N–H and O–H groups in total. The number of halogens is 1. The molecule has 0 bridgehead atoms. The van der Waals surface area contributed by atoms with E-state index in [0.717, 1.165) is 0 Å². The Hall–Kier alpha value is -0.460. The number of carboxylic acids is 1. The van der Waals surface area contributed by atoms with Gasteiger partial charge in [-0.15, -0.1) is 0 Å². The maximum atomic E-state index is 11.4. The fourth-order valence-electron chi connectivity index (χ4n) is 1.39. The second kappa shape index (κ2) is 5.05. The number of Topliss-reactive ketones (excluding diaryl/α,β-unsaturated/α-hetero) is 1. The van der Waals surface area contributed by atoms with Crippen LogP contribution in [0.4, 0.5) is 0 Å². The number of carboxylic acid groups (broad SMARTS) is 1. The molecule has 0 aromatic rings. The van der Waals surface area contributed by atoms with Crippen molar-refractivity contribution >= 4 is 27.7 Å². The highest BCUT2D eigenvalue weighted by Gasteiger charge is 2.40. The third-order valence-corrected chi connectivity index (χ3v) is 2.32. The summed E-state index contributed by atoms with van der Waals surface area (Å²) < 4.78 is 0.294. The summed E-state index contributed by atoms with van der Waals surface area (Å²) in [6.07, 6.45) is -0.674. The molecular formula is C9H16BrNO4. The summed E-state index contributed by atoms with van der Waals surface area (Å²) in [5, 5.41) is 20.4. The second-order valence-electron chi connectivity index (χ2n) is 4.59. The summed E-state index contributed by atoms with van der Waals surface area (Å²) in [4.78, 5) is 21.9. The molecule has 0 heterocycles. The van der Waals surface area contributed by atoms with Gasteiger partial charge in [-0.05, 0) is 0 Å². The van der Waals surface area contributed by atoms with Crippen molar-refractivity contribution < 1.29 is 24.3 Å². The molecule has 0 aromatic carbocycles. The smallest absolute Gasteiger partial charge is 0.181 e. The first kappa shape index (κ1) is 14.5. The molecule has 1 unspecified atom stereocenters. The van der Waals surface area contributed by atoms with E-state index in [1.807, 2.05) is 0 Å². The molecule has 0 rings (SSSR count). The van der Waals surface area contributed by atoms with Crippen LogP contribution in [0.3, 0.4) is 0 Å². The predicted octanol–water partition coefficient (Wildman–Crippen LogP) is -1.47. The monoisotopic (exact) mass is 281 g/mol. The van der Waals surface area contributed by atoms with Gasteiger partial charge in [-0.3, -0.25) is 4.79 Å². The third-order valence-electron chi connectivity index (χ3n) is 1.81. The lowest BCUT2D eigenvalue weighted by Gasteiger charge is -2.34. The molecule has 0 saturated heterocycles. The van der Waals surface area contributed by atoms with Crippen LogP contribution in [-0.2, 0) is 9.59 Å². The molecule has 0 radical (unpaired) electrons. The molecule has 15 heavy (non-hydrogen) atoms. The Balaban J connectivity index is 4.86. The van der Waals surface area contributed by atoms with Gasteiger partial charge in [0.1, 0.15) is 6.54 Å². The molecule has 1 atom stereocenters. The van der Waals surface area contributed by atoms with Gasteiger partial charge in [0, 0.05) is 12.4 Å². The summed E-state index contributed by atoms with van der Waals surface area (Å²) in [6.45, 7) is 0.0331. The summed E-state index contributed by atoms with van der Waals surface area (Å²) in [5.74, 6) is -1.97. The van der Waals surface area contributed by atoms with E-state index >= 15 is 0 Å². The van der Waals surface area contributed by atoms with Crippen LogP contribution in [0.25, 0.3) is 0 Å². The van der Waals surface area contributed by atoms with Crippen LogP contribution in [0, 0.1) is 0 Å². The fraction of sp³-hybridized carbons (Fsp3) is 0.778. The van der Waals surface area contributed by atoms with Crippen molar-refractivity contribution in [3.63, 3.8) is 0 Å². The van der Waals surface area contributed by atoms with Crippen LogP contribution in [0.2, 0.25) is 0 Å². The lowest BCUT2D eigenvalue weighted by molar-refractivity contribution is -0.875. The number of aliphatic carboxylic acids is 1. The van der Waals surface area contributed by atoms with Crippen molar-refractivity contribution in [2.45, 2.75) is 12.0 Å². The Labute approximate surface area is 97.4 Å². The topological polar surface area (TPSA) is 77.4 Å². The van der Waals surface area contributed by atoms with Gasteiger partial charge in [-0.25, -0.2) is 0 Å². The molecule has 88 valence electrons. The van der Waals surface area contributed by atoms with E-state index in [-0.39, 0.29) is 11.9 Å². The highest BCUT2D eigenvalue weighted by Crippen LogP contribution is 2.16. The zero-order chi connectivity index (χ0) is 12.3. The number of carbonyl (C=O) groups excluding carboxylic acids is 2. The van der Waals surface area contributed by atoms with E-state index in [0.29, 0.717) is 4.48 Å². The van der Waals surface area contributed by atoms with E-state index in [2.05, 4.69) is 15.9 Å². The number of carbonyl (C=O) groups is 2. The van der Waals surface area contributed by atoms with Crippen molar-refractivity contribution in [3.8, 4) is 0 Å². The normalized spacial score (nSPS) is 15.8. The van der Waals surface area contributed by atoms with Gasteiger partial charge in [-0.2, -0.15) is 0 Å². The molecule has 0 aliphatic carbocycles. The van der Waals surface area contributed by atoms with Gasteiger partial charge in [0.25, 0.3) is 0 Å². The first-order valence-corrected chi connectivity index (χ1v) is 5.55. The van der Waals surface area contributed by atoms with Crippen LogP contribution >= 0.6 is 15.9 Å². The molecule has 0 amide bonds. The van der Waals surface area contributed by atoms with Crippen molar-refractivity contribution in [3.05, 3.63) is 0 Å². The third kappa shape index (κ3) is 5.25. The minimum Gasteiger partial charge on any atom is -0.550 e. The standard InChI is InChI=1S/C9H16BrNO4/c1-11(2,3)6-9(15,4-8(13)14)7(12)5-10/h15H,4-6H2,1-3H3.